The van der Waals surface area contributed by atoms with E-state index in [1.165, 1.54) is 0 Å². The van der Waals surface area contributed by atoms with Gasteiger partial charge in [0.05, 0.1) is 18.7 Å². The van der Waals surface area contributed by atoms with E-state index in [0.717, 1.165) is 7.05 Å². The van der Waals surface area contributed by atoms with Crippen molar-refractivity contribution in [2.24, 2.45) is 5.73 Å². The number of alkyl halides is 2. The molecular weight excluding hydrogens is 312 g/mol. The Morgan fingerprint density at radius 3 is 2.48 bits per heavy atom. The number of rotatable bonds is 4. The van der Waals surface area contributed by atoms with E-state index in [1.54, 1.807) is 0 Å². The Hall–Kier alpha value is -1.63. The highest BCUT2D eigenvalue weighted by Gasteiger charge is 2.29. The van der Waals surface area contributed by atoms with Crippen LogP contribution >= 0.6 is 0 Å². The SMILES string of the molecule is CN(CC(F)F)S(=O)(=O)c1c(F)cc(F)cc1C#CCN. The normalized spacial score (nSPS) is 11.6. The molecule has 116 valence electrons. The fraction of sp³-hybridized carbons (Fsp3) is 0.333. The van der Waals surface area contributed by atoms with Crippen LogP contribution in [0.1, 0.15) is 5.56 Å². The molecule has 2 N–H and O–H groups in total. The summed E-state index contributed by atoms with van der Waals surface area (Å²) in [6.45, 7) is -1.28. The summed E-state index contributed by atoms with van der Waals surface area (Å²) in [7, 11) is -3.71. The average Bonchev–Trinajstić information content (AvgIpc) is 2.34. The van der Waals surface area contributed by atoms with Crippen LogP contribution in [0.25, 0.3) is 0 Å². The van der Waals surface area contributed by atoms with Gasteiger partial charge in [0.15, 0.2) is 0 Å². The molecule has 0 saturated heterocycles. The molecular formula is C12H12F4N2O2S. The second kappa shape index (κ2) is 6.89. The highest BCUT2D eigenvalue weighted by molar-refractivity contribution is 7.89. The molecule has 0 aliphatic heterocycles. The second-order valence-corrected chi connectivity index (χ2v) is 5.93. The van der Waals surface area contributed by atoms with Gasteiger partial charge in [0.2, 0.25) is 10.0 Å². The van der Waals surface area contributed by atoms with Gasteiger partial charge in [-0.3, -0.25) is 0 Å². The van der Waals surface area contributed by atoms with Crippen molar-refractivity contribution in [2.75, 3.05) is 20.1 Å². The molecule has 9 heteroatoms. The molecule has 0 bridgehead atoms. The zero-order chi connectivity index (χ0) is 16.2. The molecule has 0 spiro atoms. The van der Waals surface area contributed by atoms with Crippen molar-refractivity contribution in [2.45, 2.75) is 11.3 Å². The Morgan fingerprint density at radius 2 is 1.95 bits per heavy atom. The molecule has 1 rings (SSSR count). The van der Waals surface area contributed by atoms with Crippen LogP contribution in [0, 0.1) is 23.5 Å². The van der Waals surface area contributed by atoms with Crippen molar-refractivity contribution in [1.29, 1.82) is 0 Å². The number of sulfonamides is 1. The van der Waals surface area contributed by atoms with Crippen molar-refractivity contribution in [1.82, 2.24) is 4.31 Å². The summed E-state index contributed by atoms with van der Waals surface area (Å²) in [5.41, 5.74) is 4.64. The molecule has 0 atom stereocenters. The van der Waals surface area contributed by atoms with Gasteiger partial charge in [0, 0.05) is 13.1 Å². The third kappa shape index (κ3) is 4.17. The molecule has 1 aromatic carbocycles. The minimum absolute atomic E-state index is 0.162. The van der Waals surface area contributed by atoms with E-state index in [9.17, 15) is 26.0 Å². The smallest absolute Gasteiger partial charge is 0.252 e. The maximum Gasteiger partial charge on any atom is 0.252 e. The summed E-state index contributed by atoms with van der Waals surface area (Å²) in [6, 6.07) is 1.05. The molecule has 1 aromatic rings. The maximum atomic E-state index is 13.8. The first-order valence-corrected chi connectivity index (χ1v) is 7.06. The minimum Gasteiger partial charge on any atom is -0.320 e. The second-order valence-electron chi connectivity index (χ2n) is 3.95. The Labute approximate surface area is 119 Å². The number of hydrogen-bond acceptors (Lipinski definition) is 3. The first-order chi connectivity index (χ1) is 9.70. The van der Waals surface area contributed by atoms with Gasteiger partial charge in [-0.05, 0) is 6.07 Å². The third-order valence-corrected chi connectivity index (χ3v) is 4.30. The third-order valence-electron chi connectivity index (χ3n) is 2.40. The molecule has 0 aromatic heterocycles. The van der Waals surface area contributed by atoms with E-state index in [4.69, 9.17) is 5.73 Å². The van der Waals surface area contributed by atoms with Crippen molar-refractivity contribution < 1.29 is 26.0 Å². The molecule has 0 radical (unpaired) electrons. The Morgan fingerprint density at radius 1 is 1.33 bits per heavy atom. The summed E-state index contributed by atoms with van der Waals surface area (Å²) in [4.78, 5) is -0.951. The molecule has 0 saturated carbocycles. The molecule has 0 aliphatic carbocycles. The quantitative estimate of drug-likeness (QED) is 0.668. The summed E-state index contributed by atoms with van der Waals surface area (Å²) in [5.74, 6) is 2.04. The first-order valence-electron chi connectivity index (χ1n) is 5.62. The highest BCUT2D eigenvalue weighted by Crippen LogP contribution is 2.24. The van der Waals surface area contributed by atoms with Gasteiger partial charge in [0.25, 0.3) is 6.43 Å². The lowest BCUT2D eigenvalue weighted by molar-refractivity contribution is 0.126. The average molecular weight is 324 g/mol. The van der Waals surface area contributed by atoms with E-state index < -0.39 is 45.1 Å². The zero-order valence-corrected chi connectivity index (χ0v) is 11.7. The number of hydrogen-bond donors (Lipinski definition) is 1. The standard InChI is InChI=1S/C12H12F4N2O2S/c1-18(7-11(15)16)21(19,20)12-8(3-2-4-17)5-9(13)6-10(12)14/h5-6,11H,4,7,17H2,1H3. The Bertz CT molecular complexity index is 680. The monoisotopic (exact) mass is 324 g/mol. The molecule has 0 amide bonds. The van der Waals surface area contributed by atoms with Gasteiger partial charge in [-0.15, -0.1) is 0 Å². The molecule has 21 heavy (non-hydrogen) atoms. The van der Waals surface area contributed by atoms with Crippen molar-refractivity contribution in [3.8, 4) is 11.8 Å². The topological polar surface area (TPSA) is 63.4 Å². The van der Waals surface area contributed by atoms with E-state index in [2.05, 4.69) is 11.8 Å². The fourth-order valence-electron chi connectivity index (χ4n) is 1.51. The molecule has 4 nitrogen and oxygen atoms in total. The van der Waals surface area contributed by atoms with Crippen molar-refractivity contribution >= 4 is 10.0 Å². The highest BCUT2D eigenvalue weighted by atomic mass is 32.2. The van der Waals surface area contributed by atoms with Crippen LogP contribution in [0.15, 0.2) is 17.0 Å². The predicted molar refractivity (Wildman–Crippen MR) is 68.1 cm³/mol. The lowest BCUT2D eigenvalue weighted by Gasteiger charge is -2.18. The number of nitrogens with two attached hydrogens (primary N) is 1. The van der Waals surface area contributed by atoms with Crippen LogP contribution in [0.4, 0.5) is 17.6 Å². The van der Waals surface area contributed by atoms with Gasteiger partial charge in [-0.25, -0.2) is 26.0 Å². The van der Waals surface area contributed by atoms with E-state index in [1.807, 2.05) is 0 Å². The van der Waals surface area contributed by atoms with Crippen LogP contribution in [-0.2, 0) is 10.0 Å². The lowest BCUT2D eigenvalue weighted by atomic mass is 10.2. The van der Waals surface area contributed by atoms with Gasteiger partial charge in [0.1, 0.15) is 16.5 Å². The lowest BCUT2D eigenvalue weighted by Crippen LogP contribution is -2.32. The van der Waals surface area contributed by atoms with Gasteiger partial charge >= 0.3 is 0 Å². The van der Waals surface area contributed by atoms with Crippen LogP contribution in [0.2, 0.25) is 0 Å². The van der Waals surface area contributed by atoms with E-state index in [0.29, 0.717) is 12.1 Å². The number of nitrogens with zero attached hydrogens (tertiary/aromatic N) is 1. The van der Waals surface area contributed by atoms with Gasteiger partial charge < -0.3 is 5.73 Å². The maximum absolute atomic E-state index is 13.8. The summed E-state index contributed by atoms with van der Waals surface area (Å²) >= 11 is 0. The molecule has 0 unspecified atom stereocenters. The van der Waals surface area contributed by atoms with Crippen LogP contribution in [0.3, 0.4) is 0 Å². The minimum atomic E-state index is -4.57. The van der Waals surface area contributed by atoms with Crippen molar-refractivity contribution in [3.63, 3.8) is 0 Å². The van der Waals surface area contributed by atoms with Crippen LogP contribution in [0.5, 0.6) is 0 Å². The zero-order valence-electron chi connectivity index (χ0n) is 10.9. The summed E-state index contributed by atoms with van der Waals surface area (Å²) < 4.78 is 76.1. The number of benzene rings is 1. The molecule has 0 fully saturated rings. The molecule has 0 aliphatic rings. The van der Waals surface area contributed by atoms with E-state index >= 15 is 0 Å². The largest absolute Gasteiger partial charge is 0.320 e. The van der Waals surface area contributed by atoms with Crippen molar-refractivity contribution in [3.05, 3.63) is 29.3 Å². The molecule has 0 heterocycles. The van der Waals surface area contributed by atoms with Gasteiger partial charge in [-0.2, -0.15) is 4.31 Å². The predicted octanol–water partition coefficient (Wildman–Crippen LogP) is 1.16. The fourth-order valence-corrected chi connectivity index (χ4v) is 2.82. The van der Waals surface area contributed by atoms with Gasteiger partial charge in [-0.1, -0.05) is 11.8 Å². The van der Waals surface area contributed by atoms with Crippen LogP contribution < -0.4 is 5.73 Å². The van der Waals surface area contributed by atoms with Crippen LogP contribution in [-0.4, -0.2) is 39.3 Å². The Balaban J connectivity index is 3.47. The summed E-state index contributed by atoms with van der Waals surface area (Å²) in [5, 5.41) is 0. The number of halogens is 4. The summed E-state index contributed by atoms with van der Waals surface area (Å²) in [6.07, 6.45) is -2.94. The first kappa shape index (κ1) is 17.4. The Kier molecular flexibility index (Phi) is 5.71. The van der Waals surface area contributed by atoms with E-state index in [-0.39, 0.29) is 10.8 Å².